The van der Waals surface area contributed by atoms with Gasteiger partial charge in [-0.05, 0) is 42.0 Å². The van der Waals surface area contributed by atoms with E-state index in [4.69, 9.17) is 0 Å². The lowest BCUT2D eigenvalue weighted by Crippen LogP contribution is -2.23. The van der Waals surface area contributed by atoms with E-state index in [-0.39, 0.29) is 11.8 Å². The van der Waals surface area contributed by atoms with Crippen LogP contribution in [-0.4, -0.2) is 44.9 Å². The quantitative estimate of drug-likeness (QED) is 0.918. The van der Waals surface area contributed by atoms with Crippen LogP contribution < -0.4 is 10.2 Å². The summed E-state index contributed by atoms with van der Waals surface area (Å²) < 4.78 is 0. The van der Waals surface area contributed by atoms with Crippen molar-refractivity contribution in [2.24, 2.45) is 0 Å². The Morgan fingerprint density at radius 1 is 0.833 bits per heavy atom. The molecule has 126 valence electrons. The Labute approximate surface area is 142 Å². The van der Waals surface area contributed by atoms with Crippen molar-refractivity contribution in [3.63, 3.8) is 0 Å². The molecule has 0 aliphatic rings. The first-order chi connectivity index (χ1) is 11.4. The van der Waals surface area contributed by atoms with Crippen LogP contribution in [0.15, 0.2) is 48.5 Å². The molecular formula is C19H23N3O2. The number of rotatable bonds is 5. The zero-order valence-electron chi connectivity index (χ0n) is 14.5. The predicted octanol–water partition coefficient (Wildman–Crippen LogP) is 2.38. The minimum absolute atomic E-state index is 0.0356. The Bertz CT molecular complexity index is 704. The summed E-state index contributed by atoms with van der Waals surface area (Å²) in [5.41, 5.74) is 3.26. The fourth-order valence-electron chi connectivity index (χ4n) is 2.22. The fourth-order valence-corrected chi connectivity index (χ4v) is 2.22. The maximum atomic E-state index is 12.2. The van der Waals surface area contributed by atoms with Gasteiger partial charge in [-0.25, -0.2) is 0 Å². The fraction of sp³-hybridized carbons (Fsp3) is 0.263. The molecule has 24 heavy (non-hydrogen) atoms. The average Bonchev–Trinajstić information content (AvgIpc) is 2.59. The van der Waals surface area contributed by atoms with Crippen molar-refractivity contribution in [3.8, 4) is 0 Å². The number of nitrogens with one attached hydrogen (secondary N) is 1. The maximum Gasteiger partial charge on any atom is 0.253 e. The molecule has 1 N–H and O–H groups in total. The summed E-state index contributed by atoms with van der Waals surface area (Å²) in [6.07, 6.45) is 0. The summed E-state index contributed by atoms with van der Waals surface area (Å²) in [5.74, 6) is -0.152. The Morgan fingerprint density at radius 2 is 1.38 bits per heavy atom. The molecule has 0 aliphatic carbocycles. The highest BCUT2D eigenvalue weighted by Crippen LogP contribution is 2.12. The molecule has 0 bridgehead atoms. The van der Waals surface area contributed by atoms with Gasteiger partial charge in [0.15, 0.2) is 0 Å². The summed E-state index contributed by atoms with van der Waals surface area (Å²) in [5, 5.41) is 2.89. The Balaban J connectivity index is 1.95. The number of carbonyl (C=O) groups excluding carboxylic acids is 2. The molecular weight excluding hydrogens is 302 g/mol. The zero-order valence-corrected chi connectivity index (χ0v) is 14.5. The van der Waals surface area contributed by atoms with Gasteiger partial charge in [-0.2, -0.15) is 0 Å². The first-order valence-corrected chi connectivity index (χ1v) is 7.74. The second-order valence-electron chi connectivity index (χ2n) is 6.02. The normalized spacial score (nSPS) is 10.2. The Kier molecular flexibility index (Phi) is 5.58. The van der Waals surface area contributed by atoms with Gasteiger partial charge in [0.05, 0.1) is 0 Å². The van der Waals surface area contributed by atoms with Gasteiger partial charge in [0.2, 0.25) is 0 Å². The molecule has 2 aromatic carbocycles. The van der Waals surface area contributed by atoms with E-state index in [2.05, 4.69) is 5.32 Å². The number of hydrogen-bond acceptors (Lipinski definition) is 3. The van der Waals surface area contributed by atoms with E-state index >= 15 is 0 Å². The van der Waals surface area contributed by atoms with Crippen molar-refractivity contribution >= 4 is 17.5 Å². The van der Waals surface area contributed by atoms with Gasteiger partial charge in [-0.3, -0.25) is 9.59 Å². The topological polar surface area (TPSA) is 52.7 Å². The van der Waals surface area contributed by atoms with Crippen LogP contribution in [0.2, 0.25) is 0 Å². The largest absolute Gasteiger partial charge is 0.378 e. The lowest BCUT2D eigenvalue weighted by Gasteiger charge is -2.13. The summed E-state index contributed by atoms with van der Waals surface area (Å²) in [4.78, 5) is 27.5. The van der Waals surface area contributed by atoms with E-state index in [0.717, 1.165) is 11.3 Å². The lowest BCUT2D eigenvalue weighted by atomic mass is 10.1. The number of carbonyl (C=O) groups is 2. The van der Waals surface area contributed by atoms with Crippen molar-refractivity contribution < 1.29 is 9.59 Å². The van der Waals surface area contributed by atoms with Gasteiger partial charge < -0.3 is 15.1 Å². The molecule has 5 nitrogen and oxygen atoms in total. The second-order valence-corrected chi connectivity index (χ2v) is 6.02. The molecule has 0 atom stereocenters. The van der Waals surface area contributed by atoms with E-state index < -0.39 is 0 Å². The molecule has 0 spiro atoms. The van der Waals surface area contributed by atoms with Gasteiger partial charge in [0.25, 0.3) is 11.8 Å². The predicted molar refractivity (Wildman–Crippen MR) is 96.4 cm³/mol. The second kappa shape index (κ2) is 7.64. The van der Waals surface area contributed by atoms with Crippen molar-refractivity contribution in [2.45, 2.75) is 6.54 Å². The van der Waals surface area contributed by atoms with Crippen LogP contribution in [0.4, 0.5) is 5.69 Å². The number of amides is 2. The molecule has 2 aromatic rings. The van der Waals surface area contributed by atoms with Gasteiger partial charge in [-0.15, -0.1) is 0 Å². The van der Waals surface area contributed by atoms with E-state index in [0.29, 0.717) is 17.7 Å². The summed E-state index contributed by atoms with van der Waals surface area (Å²) in [6.45, 7) is 0.421. The van der Waals surface area contributed by atoms with Crippen LogP contribution in [0.5, 0.6) is 0 Å². The van der Waals surface area contributed by atoms with Gasteiger partial charge in [0, 0.05) is 51.5 Å². The van der Waals surface area contributed by atoms with Crippen molar-refractivity contribution in [2.75, 3.05) is 33.1 Å². The smallest absolute Gasteiger partial charge is 0.253 e. The van der Waals surface area contributed by atoms with Crippen LogP contribution in [0.3, 0.4) is 0 Å². The van der Waals surface area contributed by atoms with Crippen molar-refractivity contribution in [1.29, 1.82) is 0 Å². The monoisotopic (exact) mass is 325 g/mol. The van der Waals surface area contributed by atoms with Crippen LogP contribution in [0.1, 0.15) is 26.3 Å². The van der Waals surface area contributed by atoms with E-state index in [1.165, 1.54) is 4.90 Å². The minimum atomic E-state index is -0.117. The first-order valence-electron chi connectivity index (χ1n) is 7.74. The highest BCUT2D eigenvalue weighted by molar-refractivity contribution is 5.95. The van der Waals surface area contributed by atoms with Gasteiger partial charge >= 0.3 is 0 Å². The summed E-state index contributed by atoms with van der Waals surface area (Å²) >= 11 is 0. The van der Waals surface area contributed by atoms with Crippen LogP contribution in [-0.2, 0) is 6.54 Å². The molecule has 0 aliphatic heterocycles. The molecule has 2 rings (SSSR count). The molecule has 0 heterocycles. The highest BCUT2D eigenvalue weighted by Gasteiger charge is 2.08. The van der Waals surface area contributed by atoms with E-state index in [1.54, 1.807) is 26.2 Å². The molecule has 0 saturated heterocycles. The zero-order chi connectivity index (χ0) is 17.7. The highest BCUT2D eigenvalue weighted by atomic mass is 16.2. The minimum Gasteiger partial charge on any atom is -0.378 e. The molecule has 0 fully saturated rings. The maximum absolute atomic E-state index is 12.2. The molecule has 2 amide bonds. The number of nitrogens with zero attached hydrogens (tertiary/aromatic N) is 2. The molecule has 5 heteroatoms. The van der Waals surface area contributed by atoms with E-state index in [9.17, 15) is 9.59 Å². The van der Waals surface area contributed by atoms with Crippen molar-refractivity contribution in [1.82, 2.24) is 10.2 Å². The van der Waals surface area contributed by atoms with Gasteiger partial charge in [0.1, 0.15) is 0 Å². The summed E-state index contributed by atoms with van der Waals surface area (Å²) in [7, 11) is 7.36. The third-order valence-electron chi connectivity index (χ3n) is 3.71. The number of benzene rings is 2. The number of hydrogen-bond donors (Lipinski definition) is 1. The lowest BCUT2D eigenvalue weighted by molar-refractivity contribution is 0.0827. The van der Waals surface area contributed by atoms with Gasteiger partial charge in [-0.1, -0.05) is 12.1 Å². The SMILES string of the molecule is CN(C)C(=O)c1ccc(CNC(=O)c2ccc(N(C)C)cc2)cc1. The Hall–Kier alpha value is -2.82. The standard InChI is InChI=1S/C19H23N3O2/c1-21(2)17-11-9-15(10-12-17)18(23)20-13-14-5-7-16(8-6-14)19(24)22(3)4/h5-12H,13H2,1-4H3,(H,20,23). The summed E-state index contributed by atoms with van der Waals surface area (Å²) in [6, 6.07) is 14.7. The first kappa shape index (κ1) is 17.5. The van der Waals surface area contributed by atoms with Crippen LogP contribution >= 0.6 is 0 Å². The molecule has 0 aromatic heterocycles. The van der Waals surface area contributed by atoms with Crippen LogP contribution in [0.25, 0.3) is 0 Å². The van der Waals surface area contributed by atoms with Crippen molar-refractivity contribution in [3.05, 3.63) is 65.2 Å². The average molecular weight is 325 g/mol. The van der Waals surface area contributed by atoms with E-state index in [1.807, 2.05) is 55.4 Å². The number of anilines is 1. The third-order valence-corrected chi connectivity index (χ3v) is 3.71. The molecule has 0 unspecified atom stereocenters. The third kappa shape index (κ3) is 4.35. The Morgan fingerprint density at radius 3 is 1.88 bits per heavy atom. The molecule has 0 radical (unpaired) electrons. The van der Waals surface area contributed by atoms with Crippen LogP contribution in [0, 0.1) is 0 Å². The molecule has 0 saturated carbocycles.